The first-order valence-corrected chi connectivity index (χ1v) is 8.30. The van der Waals surface area contributed by atoms with E-state index in [1.807, 2.05) is 24.3 Å². The van der Waals surface area contributed by atoms with Crippen molar-refractivity contribution in [2.24, 2.45) is 0 Å². The Morgan fingerprint density at radius 1 is 0.957 bits per heavy atom. The van der Waals surface area contributed by atoms with Crippen LogP contribution in [0.3, 0.4) is 0 Å². The molecule has 2 aromatic rings. The summed E-state index contributed by atoms with van der Waals surface area (Å²) in [4.78, 5) is 11.9. The summed E-state index contributed by atoms with van der Waals surface area (Å²) in [5.41, 5.74) is 3.66. The lowest BCUT2D eigenvalue weighted by molar-refractivity contribution is -0.120. The minimum Gasteiger partial charge on any atom is -0.384 e. The van der Waals surface area contributed by atoms with Crippen LogP contribution in [0.1, 0.15) is 37.3 Å². The fourth-order valence-corrected chi connectivity index (χ4v) is 2.55. The van der Waals surface area contributed by atoms with Gasteiger partial charge in [-0.05, 0) is 29.5 Å². The Morgan fingerprint density at radius 3 is 2.39 bits per heavy atom. The first-order valence-electron chi connectivity index (χ1n) is 8.30. The van der Waals surface area contributed by atoms with Crippen molar-refractivity contribution in [3.63, 3.8) is 0 Å². The number of benzene rings is 2. The number of rotatable bonds is 8. The van der Waals surface area contributed by atoms with Crippen LogP contribution in [0.2, 0.25) is 0 Å². The van der Waals surface area contributed by atoms with Crippen molar-refractivity contribution < 1.29 is 4.79 Å². The van der Waals surface area contributed by atoms with E-state index in [0.29, 0.717) is 25.4 Å². The molecule has 1 amide bonds. The Morgan fingerprint density at radius 2 is 1.65 bits per heavy atom. The first-order chi connectivity index (χ1) is 11.2. The zero-order valence-corrected chi connectivity index (χ0v) is 14.0. The average Bonchev–Trinajstić information content (AvgIpc) is 2.56. The second-order valence-electron chi connectivity index (χ2n) is 6.00. The fourth-order valence-electron chi connectivity index (χ4n) is 2.55. The van der Waals surface area contributed by atoms with Gasteiger partial charge in [-0.1, -0.05) is 62.4 Å². The SMILES string of the molecule is CC(C)c1ccccc1NCCC(=O)NCCc1ccccc1. The van der Waals surface area contributed by atoms with Gasteiger partial charge in [-0.2, -0.15) is 0 Å². The predicted molar refractivity (Wildman–Crippen MR) is 96.8 cm³/mol. The maximum Gasteiger partial charge on any atom is 0.221 e. The molecule has 3 heteroatoms. The molecule has 2 aromatic carbocycles. The molecule has 3 nitrogen and oxygen atoms in total. The number of hydrogen-bond donors (Lipinski definition) is 2. The first kappa shape index (κ1) is 17.1. The number of anilines is 1. The van der Waals surface area contributed by atoms with Crippen molar-refractivity contribution in [2.45, 2.75) is 32.6 Å². The monoisotopic (exact) mass is 310 g/mol. The summed E-state index contributed by atoms with van der Waals surface area (Å²) in [5, 5.41) is 6.35. The summed E-state index contributed by atoms with van der Waals surface area (Å²) in [6.45, 7) is 5.69. The maximum absolute atomic E-state index is 11.9. The van der Waals surface area contributed by atoms with Gasteiger partial charge in [0.25, 0.3) is 0 Å². The molecule has 0 fully saturated rings. The Hall–Kier alpha value is -2.29. The highest BCUT2D eigenvalue weighted by molar-refractivity contribution is 5.76. The number of amides is 1. The van der Waals surface area contributed by atoms with Crippen molar-refractivity contribution >= 4 is 11.6 Å². The molecule has 0 bridgehead atoms. The molecule has 0 spiro atoms. The molecule has 0 radical (unpaired) electrons. The van der Waals surface area contributed by atoms with Crippen molar-refractivity contribution in [1.82, 2.24) is 5.32 Å². The molecule has 0 heterocycles. The molecule has 2 N–H and O–H groups in total. The third-order valence-electron chi connectivity index (χ3n) is 3.83. The molecule has 0 aliphatic rings. The lowest BCUT2D eigenvalue weighted by Gasteiger charge is -2.14. The molecule has 0 atom stereocenters. The van der Waals surface area contributed by atoms with Gasteiger partial charge >= 0.3 is 0 Å². The van der Waals surface area contributed by atoms with E-state index >= 15 is 0 Å². The van der Waals surface area contributed by atoms with Gasteiger partial charge in [0.15, 0.2) is 0 Å². The van der Waals surface area contributed by atoms with Crippen LogP contribution >= 0.6 is 0 Å². The number of para-hydroxylation sites is 1. The van der Waals surface area contributed by atoms with E-state index in [1.165, 1.54) is 11.1 Å². The smallest absolute Gasteiger partial charge is 0.221 e. The second-order valence-corrected chi connectivity index (χ2v) is 6.00. The van der Waals surface area contributed by atoms with Crippen LogP contribution in [0.5, 0.6) is 0 Å². The van der Waals surface area contributed by atoms with E-state index in [4.69, 9.17) is 0 Å². The van der Waals surface area contributed by atoms with Crippen LogP contribution in [-0.4, -0.2) is 19.0 Å². The zero-order valence-electron chi connectivity index (χ0n) is 14.0. The molecule has 0 aromatic heterocycles. The molecule has 23 heavy (non-hydrogen) atoms. The molecule has 2 rings (SSSR count). The highest BCUT2D eigenvalue weighted by Crippen LogP contribution is 2.23. The Kier molecular flexibility index (Phi) is 6.67. The minimum absolute atomic E-state index is 0.0930. The molecule has 0 saturated heterocycles. The van der Waals surface area contributed by atoms with Crippen molar-refractivity contribution in [1.29, 1.82) is 0 Å². The van der Waals surface area contributed by atoms with Crippen molar-refractivity contribution in [3.8, 4) is 0 Å². The summed E-state index contributed by atoms with van der Waals surface area (Å²) < 4.78 is 0. The Labute approximate surface area is 139 Å². The Bertz CT molecular complexity index is 608. The summed E-state index contributed by atoms with van der Waals surface area (Å²) in [5.74, 6) is 0.564. The van der Waals surface area contributed by atoms with Crippen LogP contribution < -0.4 is 10.6 Å². The van der Waals surface area contributed by atoms with Gasteiger partial charge in [-0.3, -0.25) is 4.79 Å². The van der Waals surface area contributed by atoms with Crippen LogP contribution in [0.15, 0.2) is 54.6 Å². The van der Waals surface area contributed by atoms with Crippen molar-refractivity contribution in [2.75, 3.05) is 18.4 Å². The number of carbonyl (C=O) groups is 1. The van der Waals surface area contributed by atoms with Gasteiger partial charge in [0.05, 0.1) is 0 Å². The van der Waals surface area contributed by atoms with Crippen LogP contribution in [0, 0.1) is 0 Å². The molecule has 122 valence electrons. The van der Waals surface area contributed by atoms with Crippen LogP contribution in [-0.2, 0) is 11.2 Å². The molecule has 0 aliphatic heterocycles. The van der Waals surface area contributed by atoms with E-state index in [1.54, 1.807) is 0 Å². The lowest BCUT2D eigenvalue weighted by Crippen LogP contribution is -2.27. The normalized spacial score (nSPS) is 10.6. The highest BCUT2D eigenvalue weighted by atomic mass is 16.1. The number of hydrogen-bond acceptors (Lipinski definition) is 2. The lowest BCUT2D eigenvalue weighted by atomic mass is 10.0. The summed E-state index contributed by atoms with van der Waals surface area (Å²) in [6.07, 6.45) is 1.36. The standard InChI is InChI=1S/C20H26N2O/c1-16(2)18-10-6-7-11-19(18)21-15-13-20(23)22-14-12-17-8-4-3-5-9-17/h3-11,16,21H,12-15H2,1-2H3,(H,22,23). The summed E-state index contributed by atoms with van der Waals surface area (Å²) in [7, 11) is 0. The molecule has 0 aliphatic carbocycles. The van der Waals surface area contributed by atoms with E-state index in [0.717, 1.165) is 12.1 Å². The van der Waals surface area contributed by atoms with E-state index in [-0.39, 0.29) is 5.91 Å². The fraction of sp³-hybridized carbons (Fsp3) is 0.350. The molecule has 0 unspecified atom stereocenters. The van der Waals surface area contributed by atoms with Gasteiger partial charge < -0.3 is 10.6 Å². The highest BCUT2D eigenvalue weighted by Gasteiger charge is 2.06. The van der Waals surface area contributed by atoms with Gasteiger partial charge in [0, 0.05) is 25.2 Å². The van der Waals surface area contributed by atoms with Gasteiger partial charge in [-0.15, -0.1) is 0 Å². The molecular formula is C20H26N2O. The van der Waals surface area contributed by atoms with Gasteiger partial charge in [0.1, 0.15) is 0 Å². The quantitative estimate of drug-likeness (QED) is 0.774. The van der Waals surface area contributed by atoms with Crippen molar-refractivity contribution in [3.05, 3.63) is 65.7 Å². The van der Waals surface area contributed by atoms with E-state index in [9.17, 15) is 4.79 Å². The average molecular weight is 310 g/mol. The molecular weight excluding hydrogens is 284 g/mol. The van der Waals surface area contributed by atoms with Gasteiger partial charge in [-0.25, -0.2) is 0 Å². The van der Waals surface area contributed by atoms with E-state index in [2.05, 4.69) is 54.8 Å². The maximum atomic E-state index is 11.9. The topological polar surface area (TPSA) is 41.1 Å². The molecule has 0 saturated carbocycles. The predicted octanol–water partition coefficient (Wildman–Crippen LogP) is 3.97. The Balaban J connectivity index is 1.69. The number of nitrogens with one attached hydrogen (secondary N) is 2. The van der Waals surface area contributed by atoms with E-state index < -0.39 is 0 Å². The largest absolute Gasteiger partial charge is 0.384 e. The third kappa shape index (κ3) is 5.78. The zero-order chi connectivity index (χ0) is 16.5. The second kappa shape index (κ2) is 8.99. The summed E-state index contributed by atoms with van der Waals surface area (Å²) >= 11 is 0. The van der Waals surface area contributed by atoms with Crippen LogP contribution in [0.25, 0.3) is 0 Å². The number of carbonyl (C=O) groups excluding carboxylic acids is 1. The van der Waals surface area contributed by atoms with Crippen LogP contribution in [0.4, 0.5) is 5.69 Å². The minimum atomic E-state index is 0.0930. The third-order valence-corrected chi connectivity index (χ3v) is 3.83. The summed E-state index contributed by atoms with van der Waals surface area (Å²) in [6, 6.07) is 18.5. The van der Waals surface area contributed by atoms with Gasteiger partial charge in [0.2, 0.25) is 5.91 Å².